The lowest BCUT2D eigenvalue weighted by Crippen LogP contribution is -2.37. The van der Waals surface area contributed by atoms with Gasteiger partial charge in [0.1, 0.15) is 0 Å². The molecule has 7 heteroatoms. The van der Waals surface area contributed by atoms with E-state index in [9.17, 15) is 13.2 Å². The van der Waals surface area contributed by atoms with Crippen LogP contribution in [-0.4, -0.2) is 42.3 Å². The second kappa shape index (κ2) is 7.91. The molecule has 0 bridgehead atoms. The molecule has 1 aliphatic heterocycles. The molecule has 1 saturated heterocycles. The molecule has 1 aliphatic rings. The van der Waals surface area contributed by atoms with Gasteiger partial charge in [-0.2, -0.15) is 0 Å². The molecule has 1 aromatic heterocycles. The van der Waals surface area contributed by atoms with Gasteiger partial charge in [0.05, 0.1) is 28.2 Å². The first-order valence-electron chi connectivity index (χ1n) is 9.73. The Bertz CT molecular complexity index is 1140. The Morgan fingerprint density at radius 1 is 0.966 bits per heavy atom. The molecule has 0 N–H and O–H groups in total. The van der Waals surface area contributed by atoms with Crippen molar-refractivity contribution in [2.24, 2.45) is 0 Å². The highest BCUT2D eigenvalue weighted by atomic mass is 32.2. The molecule has 2 aromatic carbocycles. The van der Waals surface area contributed by atoms with E-state index in [4.69, 9.17) is 0 Å². The zero-order valence-corrected chi connectivity index (χ0v) is 17.1. The van der Waals surface area contributed by atoms with E-state index in [1.807, 2.05) is 30.3 Å². The molecule has 29 heavy (non-hydrogen) atoms. The number of amides is 1. The fraction of sp³-hybridized carbons (Fsp3) is 0.318. The Labute approximate surface area is 170 Å². The van der Waals surface area contributed by atoms with Crippen molar-refractivity contribution in [3.05, 3.63) is 71.5 Å². The van der Waals surface area contributed by atoms with Crippen LogP contribution in [0.5, 0.6) is 0 Å². The number of carbonyl (C=O) groups is 1. The summed E-state index contributed by atoms with van der Waals surface area (Å²) in [4.78, 5) is 23.9. The molecule has 3 aromatic rings. The number of fused-ring (bicyclic) bond motifs is 1. The summed E-state index contributed by atoms with van der Waals surface area (Å²) in [6.07, 6.45) is 1.81. The van der Waals surface area contributed by atoms with Gasteiger partial charge in [0.25, 0.3) is 0 Å². The van der Waals surface area contributed by atoms with Crippen LogP contribution in [-0.2, 0) is 20.4 Å². The van der Waals surface area contributed by atoms with Gasteiger partial charge in [-0.05, 0) is 37.5 Å². The van der Waals surface area contributed by atoms with Crippen molar-refractivity contribution >= 4 is 26.8 Å². The molecule has 150 valence electrons. The lowest BCUT2D eigenvalue weighted by atomic mass is 10.1. The zero-order valence-electron chi connectivity index (χ0n) is 16.3. The average Bonchev–Trinajstić information content (AvgIpc) is 3.24. The first-order valence-corrected chi connectivity index (χ1v) is 11.4. The van der Waals surface area contributed by atoms with Crippen molar-refractivity contribution < 1.29 is 13.2 Å². The number of aryl methyl sites for hydroxylation is 1. The fourth-order valence-corrected chi connectivity index (χ4v) is 5.62. The molecule has 0 saturated carbocycles. The number of aromatic nitrogens is 2. The third-order valence-electron chi connectivity index (χ3n) is 5.28. The van der Waals surface area contributed by atoms with Crippen LogP contribution in [0, 0.1) is 6.92 Å². The standard InChI is InChI=1S/C22H23N3O3S/c1-16-20(24-19-12-6-5-11-18(19)23-16)15-29(27,28)21(17-9-3-2-4-10-17)22(26)25-13-7-8-14-25/h2-6,9-12,21H,7-8,13-15H2,1H3/t21-/m1/s1. The van der Waals surface area contributed by atoms with Gasteiger partial charge in [0.15, 0.2) is 15.1 Å². The van der Waals surface area contributed by atoms with E-state index in [0.717, 1.165) is 18.4 Å². The average molecular weight is 410 g/mol. The molecule has 0 radical (unpaired) electrons. The maximum atomic E-state index is 13.5. The first-order chi connectivity index (χ1) is 14.0. The number of carbonyl (C=O) groups excluding carboxylic acids is 1. The molecule has 2 heterocycles. The molecule has 6 nitrogen and oxygen atoms in total. The van der Waals surface area contributed by atoms with Crippen molar-refractivity contribution in [1.29, 1.82) is 0 Å². The Balaban J connectivity index is 1.73. The van der Waals surface area contributed by atoms with Gasteiger partial charge in [0.2, 0.25) is 5.91 Å². The maximum absolute atomic E-state index is 13.5. The predicted molar refractivity (Wildman–Crippen MR) is 112 cm³/mol. The summed E-state index contributed by atoms with van der Waals surface area (Å²) in [7, 11) is -3.85. The number of likely N-dealkylation sites (tertiary alicyclic amines) is 1. The fourth-order valence-electron chi connectivity index (χ4n) is 3.77. The molecular weight excluding hydrogens is 386 g/mol. The molecule has 1 fully saturated rings. The summed E-state index contributed by atoms with van der Waals surface area (Å²) in [5.41, 5.74) is 2.81. The lowest BCUT2D eigenvalue weighted by molar-refractivity contribution is -0.129. The Hall–Kier alpha value is -2.80. The molecule has 0 aliphatic carbocycles. The van der Waals surface area contributed by atoms with E-state index in [1.54, 1.807) is 36.1 Å². The summed E-state index contributed by atoms with van der Waals surface area (Å²) in [5.74, 6) is -0.671. The SMILES string of the molecule is Cc1nc2ccccc2nc1CS(=O)(=O)[C@@H](C(=O)N1CCCC1)c1ccccc1. The minimum absolute atomic E-state index is 0.324. The van der Waals surface area contributed by atoms with Crippen LogP contribution in [0.2, 0.25) is 0 Å². The van der Waals surface area contributed by atoms with Crippen LogP contribution in [0.3, 0.4) is 0 Å². The topological polar surface area (TPSA) is 80.2 Å². The van der Waals surface area contributed by atoms with Gasteiger partial charge >= 0.3 is 0 Å². The molecule has 0 spiro atoms. The number of hydrogen-bond acceptors (Lipinski definition) is 5. The summed E-state index contributed by atoms with van der Waals surface area (Å²) in [6, 6.07) is 16.1. The van der Waals surface area contributed by atoms with Crippen LogP contribution < -0.4 is 0 Å². The largest absolute Gasteiger partial charge is 0.341 e. The van der Waals surface area contributed by atoms with Gasteiger partial charge < -0.3 is 4.90 Å². The van der Waals surface area contributed by atoms with Crippen molar-refractivity contribution in [2.45, 2.75) is 30.8 Å². The van der Waals surface area contributed by atoms with Gasteiger partial charge in [-0.1, -0.05) is 42.5 Å². The van der Waals surface area contributed by atoms with E-state index >= 15 is 0 Å². The summed E-state index contributed by atoms with van der Waals surface area (Å²) >= 11 is 0. The highest BCUT2D eigenvalue weighted by molar-refractivity contribution is 7.91. The van der Waals surface area contributed by atoms with E-state index in [0.29, 0.717) is 35.6 Å². The number of sulfone groups is 1. The predicted octanol–water partition coefficient (Wildman–Crippen LogP) is 3.22. The Morgan fingerprint density at radius 2 is 1.55 bits per heavy atom. The normalized spacial score (nSPS) is 15.6. The molecule has 1 amide bonds. The maximum Gasteiger partial charge on any atom is 0.245 e. The highest BCUT2D eigenvalue weighted by Crippen LogP contribution is 2.30. The van der Waals surface area contributed by atoms with Crippen LogP contribution in [0.4, 0.5) is 0 Å². The lowest BCUT2D eigenvalue weighted by Gasteiger charge is -2.23. The van der Waals surface area contributed by atoms with Gasteiger partial charge in [-0.3, -0.25) is 4.79 Å². The number of para-hydroxylation sites is 2. The van der Waals surface area contributed by atoms with Gasteiger partial charge in [-0.25, -0.2) is 18.4 Å². The van der Waals surface area contributed by atoms with E-state index in [1.165, 1.54) is 0 Å². The smallest absolute Gasteiger partial charge is 0.245 e. The monoisotopic (exact) mass is 409 g/mol. The molecule has 4 rings (SSSR count). The Kier molecular flexibility index (Phi) is 5.32. The van der Waals surface area contributed by atoms with Crippen molar-refractivity contribution in [3.63, 3.8) is 0 Å². The molecule has 1 atom stereocenters. The summed E-state index contributed by atoms with van der Waals surface area (Å²) < 4.78 is 26.9. The van der Waals surface area contributed by atoms with Gasteiger partial charge in [0, 0.05) is 13.1 Å². The van der Waals surface area contributed by atoms with Crippen LogP contribution in [0.1, 0.15) is 35.0 Å². The van der Waals surface area contributed by atoms with Crippen molar-refractivity contribution in [3.8, 4) is 0 Å². The minimum Gasteiger partial charge on any atom is -0.341 e. The molecular formula is C22H23N3O3S. The number of benzene rings is 2. The minimum atomic E-state index is -3.85. The zero-order chi connectivity index (χ0) is 20.4. The quantitative estimate of drug-likeness (QED) is 0.646. The van der Waals surface area contributed by atoms with E-state index < -0.39 is 15.1 Å². The number of nitrogens with zero attached hydrogens (tertiary/aromatic N) is 3. The van der Waals surface area contributed by atoms with Gasteiger partial charge in [-0.15, -0.1) is 0 Å². The van der Waals surface area contributed by atoms with Crippen LogP contribution in [0.15, 0.2) is 54.6 Å². The number of hydrogen-bond donors (Lipinski definition) is 0. The van der Waals surface area contributed by atoms with Crippen LogP contribution >= 0.6 is 0 Å². The Morgan fingerprint density at radius 3 is 2.21 bits per heavy atom. The molecule has 0 unspecified atom stereocenters. The summed E-state index contributed by atoms with van der Waals surface area (Å²) in [5, 5.41) is -1.23. The third kappa shape index (κ3) is 4.00. The number of rotatable bonds is 5. The first kappa shape index (κ1) is 19.5. The van der Waals surface area contributed by atoms with E-state index in [2.05, 4.69) is 9.97 Å². The summed E-state index contributed by atoms with van der Waals surface area (Å²) in [6.45, 7) is 2.96. The van der Waals surface area contributed by atoms with Crippen molar-refractivity contribution in [2.75, 3.05) is 13.1 Å². The van der Waals surface area contributed by atoms with Crippen LogP contribution in [0.25, 0.3) is 11.0 Å². The second-order valence-corrected chi connectivity index (χ2v) is 9.46. The second-order valence-electron chi connectivity index (χ2n) is 7.37. The third-order valence-corrected chi connectivity index (χ3v) is 7.15. The highest BCUT2D eigenvalue weighted by Gasteiger charge is 2.38. The van der Waals surface area contributed by atoms with Crippen molar-refractivity contribution in [1.82, 2.24) is 14.9 Å². The van der Waals surface area contributed by atoms with E-state index in [-0.39, 0.29) is 11.7 Å².